The lowest BCUT2D eigenvalue weighted by molar-refractivity contribution is -0.140. The molecule has 1 fully saturated rings. The summed E-state index contributed by atoms with van der Waals surface area (Å²) < 4.78 is 63.9. The normalized spacial score (nSPS) is 16.4. The molecule has 0 spiro atoms. The minimum atomic E-state index is -4.93. The molecule has 1 aromatic rings. The Labute approximate surface area is 111 Å². The molecule has 0 aromatic heterocycles. The van der Waals surface area contributed by atoms with Crippen molar-refractivity contribution in [2.75, 3.05) is 0 Å². The maximum Gasteiger partial charge on any atom is 0.419 e. The lowest BCUT2D eigenvalue weighted by atomic mass is 10.1. The predicted octanol–water partition coefficient (Wildman–Crippen LogP) is 2.55. The molecule has 8 heteroatoms. The molecule has 1 aliphatic rings. The number of nitrogens with zero attached hydrogens (tertiary/aromatic N) is 1. The van der Waals surface area contributed by atoms with Crippen LogP contribution in [0.4, 0.5) is 22.0 Å². The van der Waals surface area contributed by atoms with E-state index >= 15 is 0 Å². The monoisotopic (exact) mass is 293 g/mol. The quantitative estimate of drug-likeness (QED) is 0.511. The molecule has 0 radical (unpaired) electrons. The molecule has 0 atom stereocenters. The smallest absolute Gasteiger partial charge is 0.370 e. The molecule has 2 rings (SSSR count). The highest BCUT2D eigenvalue weighted by atomic mass is 19.4. The lowest BCUT2D eigenvalue weighted by Crippen LogP contribution is -2.33. The van der Waals surface area contributed by atoms with Crippen molar-refractivity contribution in [1.82, 2.24) is 5.32 Å². The van der Waals surface area contributed by atoms with Gasteiger partial charge in [0, 0.05) is 11.6 Å². The highest BCUT2D eigenvalue weighted by Gasteiger charge is 2.35. The van der Waals surface area contributed by atoms with Gasteiger partial charge in [-0.05, 0) is 25.0 Å². The second-order valence-electron chi connectivity index (χ2n) is 4.54. The van der Waals surface area contributed by atoms with Gasteiger partial charge in [-0.25, -0.2) is 13.8 Å². The molecule has 110 valence electrons. The second-order valence-corrected chi connectivity index (χ2v) is 4.54. The number of hydrogen-bond donors (Lipinski definition) is 2. The van der Waals surface area contributed by atoms with E-state index in [2.05, 4.69) is 10.3 Å². The molecular weight excluding hydrogens is 281 g/mol. The summed E-state index contributed by atoms with van der Waals surface area (Å²) in [6.45, 7) is -0.327. The fourth-order valence-corrected chi connectivity index (χ4v) is 1.58. The van der Waals surface area contributed by atoms with E-state index in [1.54, 1.807) is 0 Å². The van der Waals surface area contributed by atoms with E-state index in [9.17, 15) is 22.0 Å². The van der Waals surface area contributed by atoms with Gasteiger partial charge in [0.05, 0.1) is 12.1 Å². The Hall–Kier alpha value is -1.86. The third kappa shape index (κ3) is 3.58. The Kier molecular flexibility index (Phi) is 3.82. The summed E-state index contributed by atoms with van der Waals surface area (Å²) >= 11 is 0. The summed E-state index contributed by atoms with van der Waals surface area (Å²) in [5.74, 6) is -2.63. The van der Waals surface area contributed by atoms with E-state index in [0.717, 1.165) is 12.8 Å². The molecule has 0 heterocycles. The number of alkyl halides is 3. The third-order valence-electron chi connectivity index (χ3n) is 2.79. The van der Waals surface area contributed by atoms with Crippen LogP contribution in [-0.2, 0) is 12.7 Å². The van der Waals surface area contributed by atoms with Crippen LogP contribution >= 0.6 is 0 Å². The molecule has 1 saturated carbocycles. The van der Waals surface area contributed by atoms with E-state index in [-0.39, 0.29) is 30.2 Å². The first-order valence-electron chi connectivity index (χ1n) is 5.89. The van der Waals surface area contributed by atoms with Gasteiger partial charge >= 0.3 is 6.18 Å². The average Bonchev–Trinajstić information content (AvgIpc) is 3.12. The van der Waals surface area contributed by atoms with Crippen LogP contribution in [0, 0.1) is 11.6 Å². The SMILES string of the molecule is NC(=NCc1cc(F)c(C(F)(F)F)cc1F)NC1CC1. The summed E-state index contributed by atoms with van der Waals surface area (Å²) in [5.41, 5.74) is 3.58. The van der Waals surface area contributed by atoms with Crippen LogP contribution in [0.5, 0.6) is 0 Å². The predicted molar refractivity (Wildman–Crippen MR) is 62.8 cm³/mol. The Morgan fingerprint density at radius 3 is 2.45 bits per heavy atom. The average molecular weight is 293 g/mol. The van der Waals surface area contributed by atoms with Gasteiger partial charge < -0.3 is 11.1 Å². The minimum absolute atomic E-state index is 0.0622. The van der Waals surface area contributed by atoms with Crippen LogP contribution < -0.4 is 11.1 Å². The topological polar surface area (TPSA) is 50.4 Å². The van der Waals surface area contributed by atoms with Crippen LogP contribution in [0.3, 0.4) is 0 Å². The highest BCUT2D eigenvalue weighted by molar-refractivity contribution is 5.78. The van der Waals surface area contributed by atoms with Crippen molar-refractivity contribution >= 4 is 5.96 Å². The molecule has 0 amide bonds. The number of aliphatic imine (C=N–C) groups is 1. The Bertz CT molecular complexity index is 535. The fourth-order valence-electron chi connectivity index (χ4n) is 1.58. The molecular formula is C12H12F5N3. The Balaban J connectivity index is 2.14. The summed E-state index contributed by atoms with van der Waals surface area (Å²) in [4.78, 5) is 3.76. The zero-order chi connectivity index (χ0) is 14.9. The van der Waals surface area contributed by atoms with Crippen molar-refractivity contribution in [3.05, 3.63) is 34.9 Å². The standard InChI is InChI=1S/C12H12F5N3/c13-9-4-8(12(15,16)17)10(14)3-6(9)5-19-11(18)20-7-1-2-7/h3-4,7H,1-2,5H2,(H3,18,19,20). The lowest BCUT2D eigenvalue weighted by Gasteiger charge is -2.10. The highest BCUT2D eigenvalue weighted by Crippen LogP contribution is 2.32. The second kappa shape index (κ2) is 5.26. The van der Waals surface area contributed by atoms with Crippen molar-refractivity contribution in [3.8, 4) is 0 Å². The van der Waals surface area contributed by atoms with E-state index in [1.165, 1.54) is 0 Å². The first-order valence-corrected chi connectivity index (χ1v) is 5.89. The molecule has 3 nitrogen and oxygen atoms in total. The number of nitrogens with one attached hydrogen (secondary N) is 1. The molecule has 1 aliphatic carbocycles. The van der Waals surface area contributed by atoms with Gasteiger partial charge in [0.15, 0.2) is 5.96 Å². The first-order chi connectivity index (χ1) is 9.27. The third-order valence-corrected chi connectivity index (χ3v) is 2.79. The van der Waals surface area contributed by atoms with Crippen LogP contribution in [-0.4, -0.2) is 12.0 Å². The number of halogens is 5. The van der Waals surface area contributed by atoms with Crippen molar-refractivity contribution in [1.29, 1.82) is 0 Å². The van der Waals surface area contributed by atoms with Crippen molar-refractivity contribution in [3.63, 3.8) is 0 Å². The van der Waals surface area contributed by atoms with E-state index in [1.807, 2.05) is 0 Å². The number of nitrogens with two attached hydrogens (primary N) is 1. The van der Waals surface area contributed by atoms with Crippen LogP contribution in [0.2, 0.25) is 0 Å². The number of rotatable bonds is 3. The largest absolute Gasteiger partial charge is 0.419 e. The molecule has 0 saturated heterocycles. The Morgan fingerprint density at radius 1 is 1.25 bits per heavy atom. The van der Waals surface area contributed by atoms with Crippen molar-refractivity contribution in [2.24, 2.45) is 10.7 Å². The summed E-state index contributed by atoms with van der Waals surface area (Å²) in [5, 5.41) is 2.83. The van der Waals surface area contributed by atoms with Gasteiger partial charge in [0.1, 0.15) is 11.6 Å². The summed E-state index contributed by atoms with van der Waals surface area (Å²) in [7, 11) is 0. The molecule has 0 aliphatic heterocycles. The summed E-state index contributed by atoms with van der Waals surface area (Å²) in [6, 6.07) is 0.865. The van der Waals surface area contributed by atoms with Gasteiger partial charge in [-0.3, -0.25) is 0 Å². The minimum Gasteiger partial charge on any atom is -0.370 e. The van der Waals surface area contributed by atoms with Gasteiger partial charge in [0.2, 0.25) is 0 Å². The number of benzene rings is 1. The van der Waals surface area contributed by atoms with E-state index in [0.29, 0.717) is 6.07 Å². The maximum absolute atomic E-state index is 13.5. The zero-order valence-electron chi connectivity index (χ0n) is 10.3. The summed E-state index contributed by atoms with van der Waals surface area (Å²) in [6.07, 6.45) is -3.02. The van der Waals surface area contributed by atoms with Crippen LogP contribution in [0.15, 0.2) is 17.1 Å². The molecule has 20 heavy (non-hydrogen) atoms. The van der Waals surface area contributed by atoms with E-state index in [4.69, 9.17) is 5.73 Å². The Morgan fingerprint density at radius 2 is 1.90 bits per heavy atom. The molecule has 0 unspecified atom stereocenters. The molecule has 3 N–H and O–H groups in total. The number of hydrogen-bond acceptors (Lipinski definition) is 1. The van der Waals surface area contributed by atoms with Crippen molar-refractivity contribution in [2.45, 2.75) is 31.6 Å². The molecule has 1 aromatic carbocycles. The van der Waals surface area contributed by atoms with E-state index < -0.39 is 23.4 Å². The van der Waals surface area contributed by atoms with Gasteiger partial charge in [0.25, 0.3) is 0 Å². The first kappa shape index (κ1) is 14.5. The van der Waals surface area contributed by atoms with Gasteiger partial charge in [-0.1, -0.05) is 0 Å². The van der Waals surface area contributed by atoms with Crippen LogP contribution in [0.1, 0.15) is 24.0 Å². The molecule has 0 bridgehead atoms. The van der Waals surface area contributed by atoms with Crippen molar-refractivity contribution < 1.29 is 22.0 Å². The van der Waals surface area contributed by atoms with Gasteiger partial charge in [-0.15, -0.1) is 0 Å². The van der Waals surface area contributed by atoms with Gasteiger partial charge in [-0.2, -0.15) is 13.2 Å². The number of guanidine groups is 1. The maximum atomic E-state index is 13.5. The zero-order valence-corrected chi connectivity index (χ0v) is 10.3. The fraction of sp³-hybridized carbons (Fsp3) is 0.417. The van der Waals surface area contributed by atoms with Crippen LogP contribution in [0.25, 0.3) is 0 Å².